The Morgan fingerprint density at radius 2 is 2.31 bits per heavy atom. The maximum atomic E-state index is 10.6. The van der Waals surface area contributed by atoms with Crippen LogP contribution in [0.15, 0.2) is 36.8 Å². The van der Waals surface area contributed by atoms with Gasteiger partial charge in [-0.3, -0.25) is 0 Å². The van der Waals surface area contributed by atoms with Crippen molar-refractivity contribution in [3.63, 3.8) is 0 Å². The molecule has 1 aromatic heterocycles. The predicted molar refractivity (Wildman–Crippen MR) is 54.4 cm³/mol. The fourth-order valence-corrected chi connectivity index (χ4v) is 1.34. The van der Waals surface area contributed by atoms with E-state index in [2.05, 4.69) is 4.98 Å². The summed E-state index contributed by atoms with van der Waals surface area (Å²) in [6, 6.07) is 7.22. The van der Waals surface area contributed by atoms with Crippen LogP contribution < -0.4 is 9.84 Å². The molecule has 82 valence electrons. The van der Waals surface area contributed by atoms with Crippen LogP contribution in [0, 0.1) is 0 Å². The molecule has 0 radical (unpaired) electrons. The Morgan fingerprint density at radius 3 is 2.94 bits per heavy atom. The molecule has 16 heavy (non-hydrogen) atoms. The van der Waals surface area contributed by atoms with Gasteiger partial charge in [-0.05, 0) is 12.1 Å². The Labute approximate surface area is 91.9 Å². The number of carboxylic acids is 1. The van der Waals surface area contributed by atoms with Crippen LogP contribution in [0.5, 0.6) is 5.75 Å². The molecule has 1 aromatic carbocycles. The van der Waals surface area contributed by atoms with E-state index >= 15 is 0 Å². The van der Waals surface area contributed by atoms with Gasteiger partial charge < -0.3 is 19.2 Å². The van der Waals surface area contributed by atoms with Crippen LogP contribution in [0.4, 0.5) is 0 Å². The molecule has 5 heteroatoms. The minimum Gasteiger partial charge on any atom is -0.543 e. The van der Waals surface area contributed by atoms with Crippen LogP contribution in [-0.2, 0) is 0 Å². The second-order valence-electron chi connectivity index (χ2n) is 3.16. The molecule has 0 saturated heterocycles. The fourth-order valence-electron chi connectivity index (χ4n) is 1.34. The Hall–Kier alpha value is -2.30. The zero-order chi connectivity index (χ0) is 11.5. The van der Waals surface area contributed by atoms with Crippen LogP contribution in [0.3, 0.4) is 0 Å². The summed E-state index contributed by atoms with van der Waals surface area (Å²) in [5, 5.41) is 10.6. The highest BCUT2D eigenvalue weighted by Gasteiger charge is 2.02. The summed E-state index contributed by atoms with van der Waals surface area (Å²) in [7, 11) is 1.57. The number of hydrogen-bond donors (Lipinski definition) is 0. The molecule has 5 nitrogen and oxygen atoms in total. The average Bonchev–Trinajstić information content (AvgIpc) is 2.78. The van der Waals surface area contributed by atoms with Crippen LogP contribution in [0.1, 0.15) is 10.5 Å². The second-order valence-corrected chi connectivity index (χ2v) is 3.16. The highest BCUT2D eigenvalue weighted by atomic mass is 16.5. The van der Waals surface area contributed by atoms with Crippen molar-refractivity contribution in [3.05, 3.63) is 42.5 Å². The van der Waals surface area contributed by atoms with Gasteiger partial charge in [0.05, 0.1) is 25.1 Å². The minimum absolute atomic E-state index is 0.0946. The van der Waals surface area contributed by atoms with Gasteiger partial charge in [-0.15, -0.1) is 0 Å². The van der Waals surface area contributed by atoms with Gasteiger partial charge in [0.15, 0.2) is 0 Å². The summed E-state index contributed by atoms with van der Waals surface area (Å²) < 4.78 is 6.66. The van der Waals surface area contributed by atoms with Crippen molar-refractivity contribution in [1.82, 2.24) is 9.55 Å². The Morgan fingerprint density at radius 1 is 1.50 bits per heavy atom. The predicted octanol–water partition coefficient (Wildman–Crippen LogP) is 0.244. The summed E-state index contributed by atoms with van der Waals surface area (Å²) in [5.41, 5.74) is 0.683. The summed E-state index contributed by atoms with van der Waals surface area (Å²) in [4.78, 5) is 14.3. The van der Waals surface area contributed by atoms with Crippen LogP contribution >= 0.6 is 0 Å². The van der Waals surface area contributed by atoms with Crippen molar-refractivity contribution in [1.29, 1.82) is 0 Å². The first-order chi connectivity index (χ1) is 7.70. The summed E-state index contributed by atoms with van der Waals surface area (Å²) in [6.07, 6.45) is 2.81. The van der Waals surface area contributed by atoms with Gasteiger partial charge in [0, 0.05) is 12.3 Å². The number of imidazole rings is 1. The number of nitrogens with zero attached hydrogens (tertiary/aromatic N) is 2. The lowest BCUT2D eigenvalue weighted by atomic mass is 10.3. The van der Waals surface area contributed by atoms with Crippen molar-refractivity contribution >= 4 is 5.97 Å². The van der Waals surface area contributed by atoms with Crippen molar-refractivity contribution in [2.45, 2.75) is 0 Å². The number of carbonyl (C=O) groups is 1. The van der Waals surface area contributed by atoms with Crippen molar-refractivity contribution in [2.24, 2.45) is 0 Å². The zero-order valence-electron chi connectivity index (χ0n) is 8.58. The van der Waals surface area contributed by atoms with E-state index in [9.17, 15) is 9.90 Å². The number of rotatable bonds is 3. The molecule has 0 fully saturated rings. The van der Waals surface area contributed by atoms with Gasteiger partial charge in [0.25, 0.3) is 0 Å². The number of methoxy groups -OCH3 is 1. The first-order valence-electron chi connectivity index (χ1n) is 4.60. The first kappa shape index (κ1) is 10.2. The Bertz CT molecular complexity index is 519. The van der Waals surface area contributed by atoms with E-state index in [0.29, 0.717) is 5.75 Å². The van der Waals surface area contributed by atoms with E-state index in [1.807, 2.05) is 12.1 Å². The number of carboxylic acid groups (broad SMARTS) is 1. The van der Waals surface area contributed by atoms with Gasteiger partial charge in [0.1, 0.15) is 11.4 Å². The Kier molecular flexibility index (Phi) is 2.59. The molecule has 0 aliphatic carbocycles. The van der Waals surface area contributed by atoms with Gasteiger partial charge in [0.2, 0.25) is 0 Å². The smallest absolute Gasteiger partial charge is 0.120 e. The molecular weight excluding hydrogens is 208 g/mol. The molecule has 0 N–H and O–H groups in total. The number of ether oxygens (including phenoxy) is 1. The van der Waals surface area contributed by atoms with Gasteiger partial charge in [-0.2, -0.15) is 0 Å². The molecule has 0 amide bonds. The number of benzene rings is 1. The third-order valence-corrected chi connectivity index (χ3v) is 2.14. The third-order valence-electron chi connectivity index (χ3n) is 2.14. The molecule has 0 saturated carbocycles. The lowest BCUT2D eigenvalue weighted by molar-refractivity contribution is -0.255. The van der Waals surface area contributed by atoms with Crippen molar-refractivity contribution in [2.75, 3.05) is 7.11 Å². The highest BCUT2D eigenvalue weighted by Crippen LogP contribution is 2.16. The van der Waals surface area contributed by atoms with Crippen LogP contribution in [-0.4, -0.2) is 22.6 Å². The van der Waals surface area contributed by atoms with Gasteiger partial charge in [-0.25, -0.2) is 4.98 Å². The van der Waals surface area contributed by atoms with Gasteiger partial charge in [-0.1, -0.05) is 6.07 Å². The lowest BCUT2D eigenvalue weighted by Gasteiger charge is -2.04. The van der Waals surface area contributed by atoms with E-state index < -0.39 is 5.97 Å². The molecule has 0 unspecified atom stereocenters. The molecule has 0 aliphatic rings. The molecular formula is C11H9N2O3-. The number of carbonyl (C=O) groups excluding carboxylic acids is 1. The number of aromatic nitrogens is 2. The summed E-state index contributed by atoms with van der Waals surface area (Å²) in [6.45, 7) is 0. The quantitative estimate of drug-likeness (QED) is 0.738. The number of hydrogen-bond acceptors (Lipinski definition) is 4. The molecule has 0 aliphatic heterocycles. The largest absolute Gasteiger partial charge is 0.543 e. The minimum atomic E-state index is -1.29. The molecule has 2 aromatic rings. The topological polar surface area (TPSA) is 67.2 Å². The van der Waals surface area contributed by atoms with E-state index in [0.717, 1.165) is 5.69 Å². The monoisotopic (exact) mass is 217 g/mol. The maximum Gasteiger partial charge on any atom is 0.120 e. The van der Waals surface area contributed by atoms with Gasteiger partial charge >= 0.3 is 0 Å². The molecule has 0 bridgehead atoms. The second kappa shape index (κ2) is 4.06. The zero-order valence-corrected chi connectivity index (χ0v) is 8.58. The maximum absolute atomic E-state index is 10.6. The third kappa shape index (κ3) is 1.88. The van der Waals surface area contributed by atoms with E-state index in [4.69, 9.17) is 4.74 Å². The summed E-state index contributed by atoms with van der Waals surface area (Å²) in [5.74, 6) is -0.595. The van der Waals surface area contributed by atoms with Crippen LogP contribution in [0.2, 0.25) is 0 Å². The standard InChI is InChI=1S/C11H10N2O3/c1-16-9-4-2-3-8(5-9)13-6-10(11(14)15)12-7-13/h2-7H,1H3,(H,14,15)/p-1. The molecule has 0 atom stereocenters. The normalized spacial score (nSPS) is 10.1. The lowest BCUT2D eigenvalue weighted by Crippen LogP contribution is -2.22. The van der Waals surface area contributed by atoms with Crippen LogP contribution in [0.25, 0.3) is 5.69 Å². The van der Waals surface area contributed by atoms with Crippen molar-refractivity contribution in [3.8, 4) is 11.4 Å². The SMILES string of the molecule is COc1cccc(-n2cnc(C(=O)[O-])c2)c1. The fraction of sp³-hybridized carbons (Fsp3) is 0.0909. The summed E-state index contributed by atoms with van der Waals surface area (Å²) >= 11 is 0. The molecule has 2 rings (SSSR count). The molecule has 0 spiro atoms. The van der Waals surface area contributed by atoms with E-state index in [1.54, 1.807) is 23.8 Å². The average molecular weight is 217 g/mol. The number of aromatic carboxylic acids is 1. The van der Waals surface area contributed by atoms with E-state index in [1.165, 1.54) is 12.5 Å². The van der Waals surface area contributed by atoms with E-state index in [-0.39, 0.29) is 5.69 Å². The first-order valence-corrected chi connectivity index (χ1v) is 4.60. The highest BCUT2D eigenvalue weighted by molar-refractivity contribution is 5.83. The van der Waals surface area contributed by atoms with Crippen molar-refractivity contribution < 1.29 is 14.6 Å². The molecule has 1 heterocycles. The Balaban J connectivity index is 2.38.